The van der Waals surface area contributed by atoms with Crippen molar-refractivity contribution in [3.05, 3.63) is 47.4 Å². The van der Waals surface area contributed by atoms with Crippen molar-refractivity contribution in [3.8, 4) is 0 Å². The molecule has 1 unspecified atom stereocenters. The van der Waals surface area contributed by atoms with Gasteiger partial charge in [0, 0.05) is 29.5 Å². The highest BCUT2D eigenvalue weighted by Gasteiger charge is 2.32. The number of alkyl halides is 3. The van der Waals surface area contributed by atoms with Crippen LogP contribution in [0.4, 0.5) is 18.9 Å². The summed E-state index contributed by atoms with van der Waals surface area (Å²) in [6, 6.07) is 2.53. The fourth-order valence-corrected chi connectivity index (χ4v) is 3.49. The Labute approximate surface area is 175 Å². The molecule has 0 saturated carbocycles. The van der Waals surface area contributed by atoms with Gasteiger partial charge < -0.3 is 10.6 Å². The lowest BCUT2D eigenvalue weighted by Gasteiger charge is -2.18. The number of pyridine rings is 1. The smallest absolute Gasteiger partial charge is 0.343 e. The SMILES string of the molecule is CCC1C=C(C2=CCCCC2)NC(=NC(C)C)N=C1Nc1ccnc(C(F)(F)F)c1. The molecule has 0 spiro atoms. The van der Waals surface area contributed by atoms with E-state index in [1.165, 1.54) is 18.1 Å². The van der Waals surface area contributed by atoms with Crippen LogP contribution in [0.15, 0.2) is 51.7 Å². The Morgan fingerprint density at radius 2 is 2.10 bits per heavy atom. The van der Waals surface area contributed by atoms with E-state index in [-0.39, 0.29) is 12.0 Å². The molecule has 5 nitrogen and oxygen atoms in total. The molecule has 2 heterocycles. The van der Waals surface area contributed by atoms with Gasteiger partial charge in [-0.1, -0.05) is 13.0 Å². The van der Waals surface area contributed by atoms with Crippen molar-refractivity contribution in [1.29, 1.82) is 0 Å². The van der Waals surface area contributed by atoms with Crippen LogP contribution in [-0.4, -0.2) is 22.8 Å². The maximum Gasteiger partial charge on any atom is 0.433 e. The highest BCUT2D eigenvalue weighted by molar-refractivity contribution is 6.06. The lowest BCUT2D eigenvalue weighted by Crippen LogP contribution is -2.25. The molecule has 1 aromatic rings. The van der Waals surface area contributed by atoms with Gasteiger partial charge >= 0.3 is 6.18 Å². The van der Waals surface area contributed by atoms with Crippen molar-refractivity contribution >= 4 is 17.5 Å². The summed E-state index contributed by atoms with van der Waals surface area (Å²) in [5.41, 5.74) is 1.60. The molecule has 8 heteroatoms. The molecule has 0 fully saturated rings. The Hall–Kier alpha value is -2.64. The number of halogens is 3. The van der Waals surface area contributed by atoms with Crippen LogP contribution in [0.5, 0.6) is 0 Å². The molecule has 1 aliphatic heterocycles. The molecule has 2 N–H and O–H groups in total. The summed E-state index contributed by atoms with van der Waals surface area (Å²) in [6.07, 6.45) is 6.12. The number of anilines is 1. The van der Waals surface area contributed by atoms with E-state index in [2.05, 4.69) is 37.8 Å². The number of guanidine groups is 1. The molecular weight excluding hydrogens is 391 g/mol. The minimum Gasteiger partial charge on any atom is -0.343 e. The summed E-state index contributed by atoms with van der Waals surface area (Å²) in [5.74, 6) is 0.944. The normalized spacial score (nSPS) is 21.5. The van der Waals surface area contributed by atoms with Crippen LogP contribution in [0, 0.1) is 5.92 Å². The van der Waals surface area contributed by atoms with E-state index in [0.29, 0.717) is 17.5 Å². The summed E-state index contributed by atoms with van der Waals surface area (Å²) in [7, 11) is 0. The van der Waals surface area contributed by atoms with Crippen LogP contribution in [0.2, 0.25) is 0 Å². The maximum atomic E-state index is 13.1. The largest absolute Gasteiger partial charge is 0.433 e. The zero-order valence-corrected chi connectivity index (χ0v) is 17.6. The van der Waals surface area contributed by atoms with Gasteiger partial charge in [0.25, 0.3) is 0 Å². The van der Waals surface area contributed by atoms with Crippen LogP contribution in [0.25, 0.3) is 0 Å². The highest BCUT2D eigenvalue weighted by Crippen LogP contribution is 2.30. The average molecular weight is 419 g/mol. The molecule has 1 aliphatic carbocycles. The number of aliphatic imine (C=N–C) groups is 2. The molecule has 162 valence electrons. The number of nitrogens with zero attached hydrogens (tertiary/aromatic N) is 3. The minimum atomic E-state index is -4.50. The van der Waals surface area contributed by atoms with Crippen molar-refractivity contribution in [1.82, 2.24) is 10.3 Å². The number of amidine groups is 1. The summed E-state index contributed by atoms with van der Waals surface area (Å²) < 4.78 is 39.2. The monoisotopic (exact) mass is 419 g/mol. The predicted octanol–water partition coefficient (Wildman–Crippen LogP) is 5.69. The standard InChI is InChI=1S/C22H28F3N5/c1-4-15-12-18(16-8-6-5-7-9-16)29-21(27-14(2)3)30-20(15)28-17-10-11-26-19(13-17)22(23,24)25/h8,10-15H,4-7,9H2,1-3H3,(H2,26,27,28,29,30). The van der Waals surface area contributed by atoms with Crippen molar-refractivity contribution in [2.75, 3.05) is 5.32 Å². The van der Waals surface area contributed by atoms with Crippen molar-refractivity contribution in [2.24, 2.45) is 15.9 Å². The van der Waals surface area contributed by atoms with Crippen LogP contribution < -0.4 is 10.6 Å². The van der Waals surface area contributed by atoms with Crippen molar-refractivity contribution < 1.29 is 13.2 Å². The van der Waals surface area contributed by atoms with Crippen LogP contribution in [0.3, 0.4) is 0 Å². The third kappa shape index (κ3) is 5.70. The van der Waals surface area contributed by atoms with Gasteiger partial charge in [-0.25, -0.2) is 4.99 Å². The molecule has 0 bridgehead atoms. The van der Waals surface area contributed by atoms with E-state index >= 15 is 0 Å². The number of allylic oxidation sites excluding steroid dienone is 2. The average Bonchev–Trinajstić information content (AvgIpc) is 2.86. The fourth-order valence-electron chi connectivity index (χ4n) is 3.49. The summed E-state index contributed by atoms with van der Waals surface area (Å²) in [6.45, 7) is 5.95. The van der Waals surface area contributed by atoms with Gasteiger partial charge in [-0.15, -0.1) is 0 Å². The van der Waals surface area contributed by atoms with Crippen molar-refractivity contribution in [2.45, 2.75) is 65.1 Å². The highest BCUT2D eigenvalue weighted by atomic mass is 19.4. The first kappa shape index (κ1) is 22.1. The van der Waals surface area contributed by atoms with Crippen LogP contribution >= 0.6 is 0 Å². The molecular formula is C22H28F3N5. The van der Waals surface area contributed by atoms with Gasteiger partial charge in [-0.2, -0.15) is 18.2 Å². The topological polar surface area (TPSA) is 61.7 Å². The van der Waals surface area contributed by atoms with Gasteiger partial charge in [0.1, 0.15) is 11.5 Å². The first-order valence-corrected chi connectivity index (χ1v) is 10.4. The second-order valence-corrected chi connectivity index (χ2v) is 7.79. The van der Waals surface area contributed by atoms with E-state index in [1.807, 2.05) is 20.8 Å². The van der Waals surface area contributed by atoms with Gasteiger partial charge in [-0.3, -0.25) is 4.98 Å². The number of hydrogen-bond donors (Lipinski definition) is 2. The van der Waals surface area contributed by atoms with Gasteiger partial charge in [-0.05, 0) is 69.7 Å². The number of aromatic nitrogens is 1. The first-order chi connectivity index (χ1) is 14.3. The van der Waals surface area contributed by atoms with Gasteiger partial charge in [0.05, 0.1) is 0 Å². The summed E-state index contributed by atoms with van der Waals surface area (Å²) in [4.78, 5) is 12.7. The van der Waals surface area contributed by atoms with Gasteiger partial charge in [0.2, 0.25) is 5.96 Å². The molecule has 2 aliphatic rings. The third-order valence-electron chi connectivity index (χ3n) is 4.97. The Balaban J connectivity index is 1.97. The van der Waals surface area contributed by atoms with E-state index in [0.717, 1.165) is 43.6 Å². The number of nitrogens with one attached hydrogen (secondary N) is 2. The maximum absolute atomic E-state index is 13.1. The Kier molecular flexibility index (Phi) is 6.95. The zero-order valence-electron chi connectivity index (χ0n) is 17.6. The Morgan fingerprint density at radius 3 is 2.73 bits per heavy atom. The van der Waals surface area contributed by atoms with Crippen molar-refractivity contribution in [3.63, 3.8) is 0 Å². The van der Waals surface area contributed by atoms with E-state index in [1.54, 1.807) is 0 Å². The van der Waals surface area contributed by atoms with E-state index in [4.69, 9.17) is 0 Å². The molecule has 1 aromatic heterocycles. The zero-order chi connectivity index (χ0) is 21.7. The molecule has 0 amide bonds. The molecule has 0 saturated heterocycles. The molecule has 0 aromatic carbocycles. The number of rotatable bonds is 4. The second kappa shape index (κ2) is 9.45. The summed E-state index contributed by atoms with van der Waals surface area (Å²) >= 11 is 0. The second-order valence-electron chi connectivity index (χ2n) is 7.79. The van der Waals surface area contributed by atoms with Crippen LogP contribution in [0.1, 0.15) is 58.6 Å². The fraction of sp³-hybridized carbons (Fsp3) is 0.500. The predicted molar refractivity (Wildman–Crippen MR) is 114 cm³/mol. The molecule has 30 heavy (non-hydrogen) atoms. The minimum absolute atomic E-state index is 0.0232. The molecule has 0 radical (unpaired) electrons. The lowest BCUT2D eigenvalue weighted by molar-refractivity contribution is -0.141. The third-order valence-corrected chi connectivity index (χ3v) is 4.97. The molecule has 1 atom stereocenters. The Bertz CT molecular complexity index is 881. The summed E-state index contributed by atoms with van der Waals surface area (Å²) in [5, 5.41) is 6.44. The van der Waals surface area contributed by atoms with E-state index < -0.39 is 11.9 Å². The quantitative estimate of drug-likeness (QED) is 0.659. The lowest BCUT2D eigenvalue weighted by atomic mass is 9.94. The van der Waals surface area contributed by atoms with Crippen LogP contribution in [-0.2, 0) is 6.18 Å². The van der Waals surface area contributed by atoms with Gasteiger partial charge in [0.15, 0.2) is 0 Å². The van der Waals surface area contributed by atoms with E-state index in [9.17, 15) is 13.2 Å². The first-order valence-electron chi connectivity index (χ1n) is 10.4. The Morgan fingerprint density at radius 1 is 1.30 bits per heavy atom. The number of hydrogen-bond acceptors (Lipinski definition) is 3. The molecule has 3 rings (SSSR count).